The third-order valence-electron chi connectivity index (χ3n) is 2.99. The van der Waals surface area contributed by atoms with E-state index in [2.05, 4.69) is 0 Å². The van der Waals surface area contributed by atoms with E-state index in [9.17, 15) is 9.90 Å². The average molecular weight is 266 g/mol. The number of esters is 1. The van der Waals surface area contributed by atoms with Gasteiger partial charge in [0.25, 0.3) is 0 Å². The Labute approximate surface area is 114 Å². The lowest BCUT2D eigenvalue weighted by molar-refractivity contribution is -0.152. The molecule has 0 aliphatic rings. The van der Waals surface area contributed by atoms with Crippen LogP contribution in [0.1, 0.15) is 38.9 Å². The maximum Gasteiger partial charge on any atom is 0.314 e. The molecule has 0 aliphatic heterocycles. The fourth-order valence-corrected chi connectivity index (χ4v) is 1.70. The Morgan fingerprint density at radius 2 is 2.00 bits per heavy atom. The van der Waals surface area contributed by atoms with Gasteiger partial charge < -0.3 is 14.6 Å². The lowest BCUT2D eigenvalue weighted by Gasteiger charge is -2.23. The third-order valence-corrected chi connectivity index (χ3v) is 2.99. The van der Waals surface area contributed by atoms with Gasteiger partial charge in [-0.05, 0) is 26.3 Å². The quantitative estimate of drug-likeness (QED) is 0.804. The maximum atomic E-state index is 11.6. The molecule has 1 aromatic rings. The van der Waals surface area contributed by atoms with Gasteiger partial charge in [-0.25, -0.2) is 0 Å². The van der Waals surface area contributed by atoms with E-state index < -0.39 is 11.5 Å². The first-order valence-corrected chi connectivity index (χ1v) is 6.40. The standard InChI is InChI=1S/C15H22O4/c1-5-12(16)11-8-6-7-9-13(11)19-10-15(2,3)14(17)18-4/h6-9,12,16H,5,10H2,1-4H3/t12-/m1/s1. The Balaban J connectivity index is 2.81. The Bertz CT molecular complexity index is 426. The van der Waals surface area contributed by atoms with Crippen LogP contribution in [0.25, 0.3) is 0 Å². The Morgan fingerprint density at radius 3 is 2.58 bits per heavy atom. The van der Waals surface area contributed by atoms with Crippen LogP contribution in [0.4, 0.5) is 0 Å². The van der Waals surface area contributed by atoms with Gasteiger partial charge in [0.2, 0.25) is 0 Å². The second kappa shape index (κ2) is 6.57. The van der Waals surface area contributed by atoms with Crippen molar-refractivity contribution < 1.29 is 19.4 Å². The number of carbonyl (C=O) groups excluding carboxylic acids is 1. The van der Waals surface area contributed by atoms with Crippen LogP contribution in [0, 0.1) is 5.41 Å². The summed E-state index contributed by atoms with van der Waals surface area (Å²) in [6.45, 7) is 5.63. The average Bonchev–Trinajstić information content (AvgIpc) is 2.43. The topological polar surface area (TPSA) is 55.8 Å². The molecule has 0 radical (unpaired) electrons. The molecule has 4 heteroatoms. The molecule has 4 nitrogen and oxygen atoms in total. The van der Waals surface area contributed by atoms with Gasteiger partial charge >= 0.3 is 5.97 Å². The Morgan fingerprint density at radius 1 is 1.37 bits per heavy atom. The van der Waals surface area contributed by atoms with Crippen LogP contribution in [-0.2, 0) is 9.53 Å². The number of aliphatic hydroxyl groups excluding tert-OH is 1. The van der Waals surface area contributed by atoms with Gasteiger partial charge in [-0.15, -0.1) is 0 Å². The van der Waals surface area contributed by atoms with Gasteiger partial charge in [0, 0.05) is 5.56 Å². The first kappa shape index (κ1) is 15.5. The van der Waals surface area contributed by atoms with Gasteiger partial charge in [0.05, 0.1) is 18.6 Å². The van der Waals surface area contributed by atoms with E-state index in [-0.39, 0.29) is 12.6 Å². The SMILES string of the molecule is CC[C@@H](O)c1ccccc1OCC(C)(C)C(=O)OC. The van der Waals surface area contributed by atoms with E-state index in [4.69, 9.17) is 9.47 Å². The molecule has 0 bridgehead atoms. The molecule has 0 saturated carbocycles. The smallest absolute Gasteiger partial charge is 0.314 e. The van der Waals surface area contributed by atoms with Gasteiger partial charge in [-0.3, -0.25) is 4.79 Å². The lowest BCUT2D eigenvalue weighted by atomic mass is 9.95. The minimum Gasteiger partial charge on any atom is -0.492 e. The lowest BCUT2D eigenvalue weighted by Crippen LogP contribution is -2.32. The molecule has 0 aromatic heterocycles. The molecule has 0 saturated heterocycles. The van der Waals surface area contributed by atoms with Gasteiger partial charge in [-0.1, -0.05) is 25.1 Å². The van der Waals surface area contributed by atoms with Crippen LogP contribution in [0.2, 0.25) is 0 Å². The molecule has 106 valence electrons. The summed E-state index contributed by atoms with van der Waals surface area (Å²) in [4.78, 5) is 11.6. The summed E-state index contributed by atoms with van der Waals surface area (Å²) >= 11 is 0. The zero-order valence-electron chi connectivity index (χ0n) is 12.0. The molecular formula is C15H22O4. The number of carbonyl (C=O) groups is 1. The van der Waals surface area contributed by atoms with Crippen LogP contribution in [0.3, 0.4) is 0 Å². The van der Waals surface area contributed by atoms with Crippen molar-refractivity contribution in [2.24, 2.45) is 5.41 Å². The molecule has 1 atom stereocenters. The number of aliphatic hydroxyl groups is 1. The zero-order valence-corrected chi connectivity index (χ0v) is 12.0. The molecule has 1 rings (SSSR count). The molecule has 1 N–H and O–H groups in total. The van der Waals surface area contributed by atoms with Crippen LogP contribution >= 0.6 is 0 Å². The molecule has 0 amide bonds. The number of para-hydroxylation sites is 1. The first-order valence-electron chi connectivity index (χ1n) is 6.40. The maximum absolute atomic E-state index is 11.6. The summed E-state index contributed by atoms with van der Waals surface area (Å²) in [6, 6.07) is 7.31. The van der Waals surface area contributed by atoms with Crippen LogP contribution in [0.15, 0.2) is 24.3 Å². The summed E-state index contributed by atoms with van der Waals surface area (Å²) in [5.41, 5.74) is 0.0182. The number of hydrogen-bond acceptors (Lipinski definition) is 4. The highest BCUT2D eigenvalue weighted by molar-refractivity contribution is 5.75. The second-order valence-electron chi connectivity index (χ2n) is 5.13. The summed E-state index contributed by atoms with van der Waals surface area (Å²) in [7, 11) is 1.36. The van der Waals surface area contributed by atoms with E-state index in [0.717, 1.165) is 5.56 Å². The molecule has 1 aromatic carbocycles. The summed E-state index contributed by atoms with van der Waals surface area (Å²) in [5.74, 6) is 0.287. The van der Waals surface area contributed by atoms with Gasteiger partial charge in [0.1, 0.15) is 12.4 Å². The molecule has 0 spiro atoms. The number of ether oxygens (including phenoxy) is 2. The molecule has 0 heterocycles. The van der Waals surface area contributed by atoms with Crippen LogP contribution < -0.4 is 4.74 Å². The van der Waals surface area contributed by atoms with Crippen molar-refractivity contribution in [3.63, 3.8) is 0 Å². The fourth-order valence-electron chi connectivity index (χ4n) is 1.70. The molecule has 0 unspecified atom stereocenters. The van der Waals surface area contributed by atoms with Crippen molar-refractivity contribution in [2.45, 2.75) is 33.3 Å². The molecule has 0 aliphatic carbocycles. The van der Waals surface area contributed by atoms with Gasteiger partial charge in [-0.2, -0.15) is 0 Å². The van der Waals surface area contributed by atoms with Crippen LogP contribution in [-0.4, -0.2) is 24.8 Å². The van der Waals surface area contributed by atoms with E-state index in [1.807, 2.05) is 25.1 Å². The number of hydrogen-bond donors (Lipinski definition) is 1. The monoisotopic (exact) mass is 266 g/mol. The summed E-state index contributed by atoms with van der Waals surface area (Å²) in [5, 5.41) is 9.92. The predicted octanol–water partition coefficient (Wildman–Crippen LogP) is 2.71. The minimum absolute atomic E-state index is 0.202. The van der Waals surface area contributed by atoms with Crippen molar-refractivity contribution in [3.8, 4) is 5.75 Å². The second-order valence-corrected chi connectivity index (χ2v) is 5.13. The van der Waals surface area contributed by atoms with E-state index in [0.29, 0.717) is 12.2 Å². The number of methoxy groups -OCH3 is 1. The normalized spacial score (nSPS) is 12.9. The Kier molecular flexibility index (Phi) is 5.36. The van der Waals surface area contributed by atoms with Crippen molar-refractivity contribution in [2.75, 3.05) is 13.7 Å². The third kappa shape index (κ3) is 3.96. The van der Waals surface area contributed by atoms with Crippen LogP contribution in [0.5, 0.6) is 5.75 Å². The molecular weight excluding hydrogens is 244 g/mol. The first-order chi connectivity index (χ1) is 8.92. The largest absolute Gasteiger partial charge is 0.492 e. The summed E-state index contributed by atoms with van der Waals surface area (Å²) in [6.07, 6.45) is 0.0539. The number of benzene rings is 1. The summed E-state index contributed by atoms with van der Waals surface area (Å²) < 4.78 is 10.4. The molecule has 0 fully saturated rings. The van der Waals surface area contributed by atoms with Crippen molar-refractivity contribution in [3.05, 3.63) is 29.8 Å². The minimum atomic E-state index is -0.723. The highest BCUT2D eigenvalue weighted by Gasteiger charge is 2.30. The zero-order chi connectivity index (χ0) is 14.5. The fraction of sp³-hybridized carbons (Fsp3) is 0.533. The van der Waals surface area contributed by atoms with E-state index in [1.54, 1.807) is 19.9 Å². The molecule has 19 heavy (non-hydrogen) atoms. The highest BCUT2D eigenvalue weighted by Crippen LogP contribution is 2.28. The predicted molar refractivity (Wildman–Crippen MR) is 73.0 cm³/mol. The van der Waals surface area contributed by atoms with E-state index >= 15 is 0 Å². The van der Waals surface area contributed by atoms with Gasteiger partial charge in [0.15, 0.2) is 0 Å². The van der Waals surface area contributed by atoms with E-state index in [1.165, 1.54) is 7.11 Å². The van der Waals surface area contributed by atoms with Crippen molar-refractivity contribution in [1.82, 2.24) is 0 Å². The van der Waals surface area contributed by atoms with Crippen molar-refractivity contribution in [1.29, 1.82) is 0 Å². The van der Waals surface area contributed by atoms with Crippen molar-refractivity contribution >= 4 is 5.97 Å². The number of rotatable bonds is 6. The Hall–Kier alpha value is -1.55. The highest BCUT2D eigenvalue weighted by atomic mass is 16.5.